The van der Waals surface area contributed by atoms with Crippen LogP contribution in [0, 0.1) is 0 Å². The molecule has 0 saturated heterocycles. The van der Waals surface area contributed by atoms with Crippen LogP contribution in [0.15, 0.2) is 23.3 Å². The van der Waals surface area contributed by atoms with Crippen molar-refractivity contribution >= 4 is 0 Å². The molecule has 0 saturated carbocycles. The first-order valence-corrected chi connectivity index (χ1v) is 5.80. The SMILES string of the molecule is CCn1cc(C(C)NCCc2ncon2)cn1. The fourth-order valence-electron chi connectivity index (χ4n) is 1.60. The van der Waals surface area contributed by atoms with Gasteiger partial charge in [0.2, 0.25) is 6.39 Å². The van der Waals surface area contributed by atoms with E-state index in [2.05, 4.69) is 45.1 Å². The molecule has 0 aliphatic heterocycles. The molecule has 0 bridgehead atoms. The fourth-order valence-corrected chi connectivity index (χ4v) is 1.60. The highest BCUT2D eigenvalue weighted by Gasteiger charge is 2.07. The van der Waals surface area contributed by atoms with Gasteiger partial charge in [-0.05, 0) is 13.8 Å². The summed E-state index contributed by atoms with van der Waals surface area (Å²) in [5, 5.41) is 11.4. The smallest absolute Gasteiger partial charge is 0.213 e. The zero-order chi connectivity index (χ0) is 12.1. The van der Waals surface area contributed by atoms with Gasteiger partial charge in [0.25, 0.3) is 0 Å². The summed E-state index contributed by atoms with van der Waals surface area (Å²) in [5.41, 5.74) is 1.19. The normalized spacial score (nSPS) is 12.8. The van der Waals surface area contributed by atoms with Crippen LogP contribution < -0.4 is 5.32 Å². The maximum Gasteiger partial charge on any atom is 0.213 e. The minimum absolute atomic E-state index is 0.280. The predicted octanol–water partition coefficient (Wildman–Crippen LogP) is 1.18. The number of aromatic nitrogens is 4. The Hall–Kier alpha value is -1.69. The average Bonchev–Trinajstić information content (AvgIpc) is 2.99. The van der Waals surface area contributed by atoms with Gasteiger partial charge in [0, 0.05) is 37.3 Å². The van der Waals surface area contributed by atoms with Crippen molar-refractivity contribution in [3.63, 3.8) is 0 Å². The highest BCUT2D eigenvalue weighted by molar-refractivity contribution is 5.09. The molecule has 92 valence electrons. The molecule has 17 heavy (non-hydrogen) atoms. The summed E-state index contributed by atoms with van der Waals surface area (Å²) < 4.78 is 6.60. The van der Waals surface area contributed by atoms with Crippen molar-refractivity contribution in [2.75, 3.05) is 6.54 Å². The van der Waals surface area contributed by atoms with E-state index in [-0.39, 0.29) is 6.04 Å². The Kier molecular flexibility index (Phi) is 3.87. The molecule has 0 aliphatic carbocycles. The molecule has 0 fully saturated rings. The summed E-state index contributed by atoms with van der Waals surface area (Å²) in [6, 6.07) is 0.280. The van der Waals surface area contributed by atoms with Gasteiger partial charge in [-0.25, -0.2) is 0 Å². The van der Waals surface area contributed by atoms with Gasteiger partial charge < -0.3 is 9.84 Å². The Bertz CT molecular complexity index is 436. The molecule has 1 atom stereocenters. The van der Waals surface area contributed by atoms with Crippen molar-refractivity contribution < 1.29 is 4.52 Å². The number of nitrogens with one attached hydrogen (secondary N) is 1. The highest BCUT2D eigenvalue weighted by atomic mass is 16.5. The second kappa shape index (κ2) is 5.58. The van der Waals surface area contributed by atoms with Gasteiger partial charge in [-0.1, -0.05) is 5.16 Å². The monoisotopic (exact) mass is 235 g/mol. The lowest BCUT2D eigenvalue weighted by molar-refractivity contribution is 0.408. The van der Waals surface area contributed by atoms with Crippen LogP contribution in [0.2, 0.25) is 0 Å². The Morgan fingerprint density at radius 3 is 3.06 bits per heavy atom. The summed E-state index contributed by atoms with van der Waals surface area (Å²) in [5.74, 6) is 0.731. The third-order valence-electron chi connectivity index (χ3n) is 2.68. The average molecular weight is 235 g/mol. The number of aryl methyl sites for hydroxylation is 1. The van der Waals surface area contributed by atoms with Gasteiger partial charge >= 0.3 is 0 Å². The zero-order valence-corrected chi connectivity index (χ0v) is 10.1. The summed E-state index contributed by atoms with van der Waals surface area (Å²) in [7, 11) is 0. The highest BCUT2D eigenvalue weighted by Crippen LogP contribution is 2.10. The molecule has 6 nitrogen and oxygen atoms in total. The van der Waals surface area contributed by atoms with Gasteiger partial charge in [-0.2, -0.15) is 10.1 Å². The van der Waals surface area contributed by atoms with Crippen molar-refractivity contribution in [3.05, 3.63) is 30.2 Å². The lowest BCUT2D eigenvalue weighted by atomic mass is 10.2. The van der Waals surface area contributed by atoms with Crippen LogP contribution in [0.3, 0.4) is 0 Å². The van der Waals surface area contributed by atoms with Crippen LogP contribution in [-0.4, -0.2) is 26.5 Å². The number of nitrogens with zero attached hydrogens (tertiary/aromatic N) is 4. The molecule has 2 aromatic rings. The maximum atomic E-state index is 4.67. The molecule has 0 amide bonds. The second-order valence-electron chi connectivity index (χ2n) is 3.90. The first-order chi connectivity index (χ1) is 8.29. The molecular weight excluding hydrogens is 218 g/mol. The van der Waals surface area contributed by atoms with Crippen LogP contribution in [0.5, 0.6) is 0 Å². The van der Waals surface area contributed by atoms with Crippen molar-refractivity contribution in [1.82, 2.24) is 25.2 Å². The van der Waals surface area contributed by atoms with E-state index < -0.39 is 0 Å². The standard InChI is InChI=1S/C11H17N5O/c1-3-16-7-10(6-14-16)9(2)12-5-4-11-13-8-17-15-11/h6-9,12H,3-5H2,1-2H3. The first kappa shape index (κ1) is 11.8. The summed E-state index contributed by atoms with van der Waals surface area (Å²) >= 11 is 0. The minimum atomic E-state index is 0.280. The lowest BCUT2D eigenvalue weighted by Gasteiger charge is -2.10. The summed E-state index contributed by atoms with van der Waals surface area (Å²) in [6.07, 6.45) is 6.08. The third kappa shape index (κ3) is 3.13. The van der Waals surface area contributed by atoms with E-state index in [1.807, 2.05) is 10.9 Å². The van der Waals surface area contributed by atoms with E-state index in [4.69, 9.17) is 0 Å². The molecule has 1 unspecified atom stereocenters. The third-order valence-corrected chi connectivity index (χ3v) is 2.68. The van der Waals surface area contributed by atoms with Crippen molar-refractivity contribution in [3.8, 4) is 0 Å². The van der Waals surface area contributed by atoms with E-state index in [0.717, 1.165) is 25.3 Å². The van der Waals surface area contributed by atoms with Crippen molar-refractivity contribution in [2.24, 2.45) is 0 Å². The summed E-state index contributed by atoms with van der Waals surface area (Å²) in [6.45, 7) is 5.91. The molecule has 0 aliphatic rings. The first-order valence-electron chi connectivity index (χ1n) is 5.80. The number of hydrogen-bond acceptors (Lipinski definition) is 5. The zero-order valence-electron chi connectivity index (χ0n) is 10.1. The van der Waals surface area contributed by atoms with Crippen LogP contribution >= 0.6 is 0 Å². The minimum Gasteiger partial charge on any atom is -0.343 e. The maximum absolute atomic E-state index is 4.67. The number of rotatable bonds is 6. The van der Waals surface area contributed by atoms with Gasteiger partial charge in [0.1, 0.15) is 0 Å². The molecular formula is C11H17N5O. The van der Waals surface area contributed by atoms with Crippen molar-refractivity contribution in [2.45, 2.75) is 32.9 Å². The van der Waals surface area contributed by atoms with Gasteiger partial charge in [-0.3, -0.25) is 4.68 Å². The van der Waals surface area contributed by atoms with Crippen LogP contribution in [0.1, 0.15) is 31.3 Å². The molecule has 0 aromatic carbocycles. The van der Waals surface area contributed by atoms with E-state index in [9.17, 15) is 0 Å². The lowest BCUT2D eigenvalue weighted by Crippen LogP contribution is -2.21. The molecule has 2 aromatic heterocycles. The van der Waals surface area contributed by atoms with E-state index in [1.54, 1.807) is 0 Å². The van der Waals surface area contributed by atoms with Crippen LogP contribution in [0.4, 0.5) is 0 Å². The Labute approximate surface area is 100 Å². The van der Waals surface area contributed by atoms with Crippen LogP contribution in [-0.2, 0) is 13.0 Å². The van der Waals surface area contributed by atoms with E-state index >= 15 is 0 Å². The van der Waals surface area contributed by atoms with E-state index in [0.29, 0.717) is 0 Å². The predicted molar refractivity (Wildman–Crippen MR) is 62.3 cm³/mol. The summed E-state index contributed by atoms with van der Waals surface area (Å²) in [4.78, 5) is 3.97. The van der Waals surface area contributed by atoms with E-state index in [1.165, 1.54) is 12.0 Å². The molecule has 2 rings (SSSR count). The molecule has 0 spiro atoms. The molecule has 1 N–H and O–H groups in total. The Morgan fingerprint density at radius 2 is 2.41 bits per heavy atom. The van der Waals surface area contributed by atoms with Gasteiger partial charge in [-0.15, -0.1) is 0 Å². The molecule has 2 heterocycles. The Morgan fingerprint density at radius 1 is 1.53 bits per heavy atom. The number of hydrogen-bond donors (Lipinski definition) is 1. The van der Waals surface area contributed by atoms with Gasteiger partial charge in [0.15, 0.2) is 5.82 Å². The van der Waals surface area contributed by atoms with Gasteiger partial charge in [0.05, 0.1) is 6.20 Å². The quantitative estimate of drug-likeness (QED) is 0.814. The second-order valence-corrected chi connectivity index (χ2v) is 3.90. The topological polar surface area (TPSA) is 68.8 Å². The van der Waals surface area contributed by atoms with Crippen molar-refractivity contribution in [1.29, 1.82) is 0 Å². The largest absolute Gasteiger partial charge is 0.343 e. The fraction of sp³-hybridized carbons (Fsp3) is 0.545. The molecule has 6 heteroatoms. The van der Waals surface area contributed by atoms with Crippen LogP contribution in [0.25, 0.3) is 0 Å². The molecule has 0 radical (unpaired) electrons. The Balaban J connectivity index is 1.78.